The minimum Gasteiger partial charge on any atom is -0.462 e. The minimum absolute atomic E-state index is 0.0526. The number of anilines is 1. The average molecular weight is 431 g/mol. The summed E-state index contributed by atoms with van der Waals surface area (Å²) in [6.07, 6.45) is 1.75. The summed E-state index contributed by atoms with van der Waals surface area (Å²) >= 11 is 0. The maximum Gasteiger partial charge on any atom is 0.338 e. The van der Waals surface area contributed by atoms with Crippen molar-refractivity contribution in [2.75, 3.05) is 25.1 Å². The first-order chi connectivity index (χ1) is 15.0. The molecule has 1 aliphatic rings. The Morgan fingerprint density at radius 2 is 1.87 bits per heavy atom. The van der Waals surface area contributed by atoms with Crippen LogP contribution in [0.25, 0.3) is 0 Å². The Bertz CT molecular complexity index is 958. The predicted octanol–water partition coefficient (Wildman–Crippen LogP) is 3.52. The molecule has 0 saturated carbocycles. The summed E-state index contributed by atoms with van der Waals surface area (Å²) in [5.41, 5.74) is 0.893. The third-order valence-corrected chi connectivity index (χ3v) is 4.55. The second-order valence-corrected chi connectivity index (χ2v) is 6.83. The Morgan fingerprint density at radius 3 is 2.52 bits per heavy atom. The van der Waals surface area contributed by atoms with Crippen LogP contribution < -0.4 is 10.6 Å². The Kier molecular flexibility index (Phi) is 7.66. The van der Waals surface area contributed by atoms with Gasteiger partial charge in [-0.05, 0) is 62.2 Å². The molecule has 9 heteroatoms. The van der Waals surface area contributed by atoms with Crippen molar-refractivity contribution in [3.05, 3.63) is 65.2 Å². The third-order valence-electron chi connectivity index (χ3n) is 4.55. The van der Waals surface area contributed by atoms with Gasteiger partial charge in [0.15, 0.2) is 11.6 Å². The number of nitrogens with zero attached hydrogens (tertiary/aromatic N) is 1. The van der Waals surface area contributed by atoms with E-state index < -0.39 is 23.5 Å². The molecule has 0 bridgehead atoms. The molecule has 2 N–H and O–H groups in total. The van der Waals surface area contributed by atoms with E-state index in [0.29, 0.717) is 24.4 Å². The van der Waals surface area contributed by atoms with E-state index in [2.05, 4.69) is 15.6 Å². The van der Waals surface area contributed by atoms with Crippen LogP contribution in [-0.4, -0.2) is 43.7 Å². The van der Waals surface area contributed by atoms with Crippen molar-refractivity contribution >= 4 is 23.5 Å². The van der Waals surface area contributed by atoms with Crippen molar-refractivity contribution in [1.29, 1.82) is 0 Å². The Labute approximate surface area is 178 Å². The SMILES string of the molecule is CCOC(=O)c1ccc(NC(=NCC2CCCO2)NC(=O)c2ccc(F)c(F)c2)cc1. The van der Waals surface area contributed by atoms with E-state index in [-0.39, 0.29) is 24.2 Å². The zero-order chi connectivity index (χ0) is 22.2. The molecule has 2 aromatic carbocycles. The first kappa shape index (κ1) is 22.4. The number of nitrogens with one attached hydrogen (secondary N) is 2. The molecule has 1 saturated heterocycles. The molecule has 164 valence electrons. The van der Waals surface area contributed by atoms with Gasteiger partial charge in [0.1, 0.15) is 0 Å². The molecule has 1 amide bonds. The van der Waals surface area contributed by atoms with Gasteiger partial charge in [-0.1, -0.05) is 0 Å². The zero-order valence-electron chi connectivity index (χ0n) is 17.0. The molecule has 0 aliphatic carbocycles. The Morgan fingerprint density at radius 1 is 1.13 bits per heavy atom. The number of hydrogen-bond donors (Lipinski definition) is 2. The van der Waals surface area contributed by atoms with Gasteiger partial charge in [0.25, 0.3) is 5.91 Å². The van der Waals surface area contributed by atoms with Gasteiger partial charge in [0.05, 0.1) is 24.8 Å². The third kappa shape index (κ3) is 6.32. The van der Waals surface area contributed by atoms with Crippen LogP contribution in [0.15, 0.2) is 47.5 Å². The standard InChI is InChI=1S/C22H23F2N3O4/c1-2-30-21(29)14-5-8-16(9-6-14)26-22(25-13-17-4-3-11-31-17)27-20(28)15-7-10-18(23)19(24)12-15/h5-10,12,17H,2-4,11,13H2,1H3,(H2,25,26,27,28). The molecular weight excluding hydrogens is 408 g/mol. The van der Waals surface area contributed by atoms with Gasteiger partial charge < -0.3 is 14.8 Å². The predicted molar refractivity (Wildman–Crippen MR) is 111 cm³/mol. The van der Waals surface area contributed by atoms with E-state index in [9.17, 15) is 18.4 Å². The molecule has 31 heavy (non-hydrogen) atoms. The summed E-state index contributed by atoms with van der Waals surface area (Å²) in [7, 11) is 0. The molecule has 0 spiro atoms. The molecule has 1 unspecified atom stereocenters. The van der Waals surface area contributed by atoms with Gasteiger partial charge in [-0.2, -0.15) is 0 Å². The van der Waals surface area contributed by atoms with Gasteiger partial charge in [-0.25, -0.2) is 18.6 Å². The van der Waals surface area contributed by atoms with E-state index in [0.717, 1.165) is 25.0 Å². The van der Waals surface area contributed by atoms with Gasteiger partial charge in [-0.15, -0.1) is 0 Å². The lowest BCUT2D eigenvalue weighted by Gasteiger charge is -2.14. The summed E-state index contributed by atoms with van der Waals surface area (Å²) in [5, 5.41) is 5.54. The number of ether oxygens (including phenoxy) is 2. The quantitative estimate of drug-likeness (QED) is 0.415. The van der Waals surface area contributed by atoms with E-state index in [1.54, 1.807) is 31.2 Å². The lowest BCUT2D eigenvalue weighted by atomic mass is 10.2. The highest BCUT2D eigenvalue weighted by Crippen LogP contribution is 2.14. The summed E-state index contributed by atoms with van der Waals surface area (Å²) in [4.78, 5) is 28.7. The van der Waals surface area contributed by atoms with Crippen LogP contribution in [0.4, 0.5) is 14.5 Å². The normalized spacial score (nSPS) is 16.1. The number of halogens is 2. The number of carbonyl (C=O) groups excluding carboxylic acids is 2. The fourth-order valence-electron chi connectivity index (χ4n) is 2.95. The number of guanidine groups is 1. The lowest BCUT2D eigenvalue weighted by molar-refractivity contribution is 0.0526. The molecule has 7 nitrogen and oxygen atoms in total. The summed E-state index contributed by atoms with van der Waals surface area (Å²) < 4.78 is 37.1. The Balaban J connectivity index is 1.74. The van der Waals surface area contributed by atoms with Crippen molar-refractivity contribution in [3.63, 3.8) is 0 Å². The maximum absolute atomic E-state index is 13.5. The molecular formula is C22H23F2N3O4. The molecule has 1 fully saturated rings. The number of carbonyl (C=O) groups is 2. The van der Waals surface area contributed by atoms with Crippen molar-refractivity contribution in [3.8, 4) is 0 Å². The number of benzene rings is 2. The topological polar surface area (TPSA) is 89.0 Å². The summed E-state index contributed by atoms with van der Waals surface area (Å²) in [6, 6.07) is 9.31. The monoisotopic (exact) mass is 431 g/mol. The number of aliphatic imine (C=N–C) groups is 1. The van der Waals surface area contributed by atoms with Crippen LogP contribution in [0.3, 0.4) is 0 Å². The van der Waals surface area contributed by atoms with E-state index in [4.69, 9.17) is 9.47 Å². The fraction of sp³-hybridized carbons (Fsp3) is 0.318. The van der Waals surface area contributed by atoms with E-state index >= 15 is 0 Å². The lowest BCUT2D eigenvalue weighted by Crippen LogP contribution is -2.36. The van der Waals surface area contributed by atoms with Crippen LogP contribution in [-0.2, 0) is 9.47 Å². The van der Waals surface area contributed by atoms with Crippen molar-refractivity contribution in [1.82, 2.24) is 5.32 Å². The molecule has 2 aromatic rings. The maximum atomic E-state index is 13.5. The smallest absolute Gasteiger partial charge is 0.338 e. The largest absolute Gasteiger partial charge is 0.462 e. The highest BCUT2D eigenvalue weighted by atomic mass is 19.2. The van der Waals surface area contributed by atoms with Crippen LogP contribution in [0.2, 0.25) is 0 Å². The van der Waals surface area contributed by atoms with Gasteiger partial charge in [0, 0.05) is 17.9 Å². The van der Waals surface area contributed by atoms with Crippen molar-refractivity contribution in [2.24, 2.45) is 4.99 Å². The average Bonchev–Trinajstić information content (AvgIpc) is 3.28. The second-order valence-electron chi connectivity index (χ2n) is 6.83. The number of hydrogen-bond acceptors (Lipinski definition) is 5. The molecule has 0 radical (unpaired) electrons. The highest BCUT2D eigenvalue weighted by molar-refractivity contribution is 6.10. The summed E-state index contributed by atoms with van der Waals surface area (Å²) in [5.74, 6) is -3.13. The van der Waals surface area contributed by atoms with Crippen LogP contribution in [0.1, 0.15) is 40.5 Å². The molecule has 0 aromatic heterocycles. The van der Waals surface area contributed by atoms with Crippen molar-refractivity contribution in [2.45, 2.75) is 25.9 Å². The first-order valence-corrected chi connectivity index (χ1v) is 9.93. The van der Waals surface area contributed by atoms with Gasteiger partial charge in [-0.3, -0.25) is 10.1 Å². The van der Waals surface area contributed by atoms with Crippen LogP contribution >= 0.6 is 0 Å². The molecule has 1 atom stereocenters. The van der Waals surface area contributed by atoms with Crippen molar-refractivity contribution < 1.29 is 27.8 Å². The number of amides is 1. The van der Waals surface area contributed by atoms with E-state index in [1.807, 2.05) is 0 Å². The zero-order valence-corrected chi connectivity index (χ0v) is 17.0. The summed E-state index contributed by atoms with van der Waals surface area (Å²) in [6.45, 7) is 2.98. The van der Waals surface area contributed by atoms with Crippen LogP contribution in [0.5, 0.6) is 0 Å². The molecule has 1 aliphatic heterocycles. The Hall–Kier alpha value is -3.33. The first-order valence-electron chi connectivity index (χ1n) is 9.93. The fourth-order valence-corrected chi connectivity index (χ4v) is 2.95. The van der Waals surface area contributed by atoms with Gasteiger partial charge in [0.2, 0.25) is 5.96 Å². The van der Waals surface area contributed by atoms with Gasteiger partial charge >= 0.3 is 5.97 Å². The van der Waals surface area contributed by atoms with E-state index in [1.165, 1.54) is 6.07 Å². The highest BCUT2D eigenvalue weighted by Gasteiger charge is 2.17. The minimum atomic E-state index is -1.12. The second kappa shape index (κ2) is 10.6. The number of esters is 1. The van der Waals surface area contributed by atoms with Crippen LogP contribution in [0, 0.1) is 11.6 Å². The molecule has 3 rings (SSSR count). The molecule has 1 heterocycles. The number of rotatable bonds is 6.